The molecule has 14 heavy (non-hydrogen) atoms. The third-order valence-electron chi connectivity index (χ3n) is 3.00. The van der Waals surface area contributed by atoms with Crippen molar-refractivity contribution in [3.05, 3.63) is 24.6 Å². The second-order valence-corrected chi connectivity index (χ2v) is 8.76. The first-order valence-electron chi connectivity index (χ1n) is 5.95. The Bertz CT molecular complexity index is 153. The van der Waals surface area contributed by atoms with Crippen LogP contribution in [0, 0.1) is 0 Å². The first-order chi connectivity index (χ1) is 6.68. The van der Waals surface area contributed by atoms with Crippen molar-refractivity contribution in [1.29, 1.82) is 0 Å². The van der Waals surface area contributed by atoms with Crippen LogP contribution in [0.3, 0.4) is 0 Å². The first-order valence-corrected chi connectivity index (χ1v) is 8.82. The predicted octanol–water partition coefficient (Wildman–Crippen LogP) is 4.88. The largest absolute Gasteiger partial charge is 0.107 e. The van der Waals surface area contributed by atoms with E-state index in [1.165, 1.54) is 44.6 Å². The van der Waals surface area contributed by atoms with Crippen molar-refractivity contribution in [3.8, 4) is 0 Å². The van der Waals surface area contributed by atoms with Gasteiger partial charge in [0.2, 0.25) is 0 Å². The van der Waals surface area contributed by atoms with E-state index in [0.717, 1.165) is 0 Å². The molecule has 0 aliphatic heterocycles. The van der Waals surface area contributed by atoms with Crippen molar-refractivity contribution in [2.45, 2.75) is 58.0 Å². The summed E-state index contributed by atoms with van der Waals surface area (Å²) in [5, 5.41) is 0. The van der Waals surface area contributed by atoms with Crippen LogP contribution in [-0.4, -0.2) is 8.07 Å². The molecule has 1 heteroatoms. The summed E-state index contributed by atoms with van der Waals surface area (Å²) in [4.78, 5) is 0. The van der Waals surface area contributed by atoms with Gasteiger partial charge in [0.05, 0.1) is 8.07 Å². The van der Waals surface area contributed by atoms with E-state index in [-0.39, 0.29) is 0 Å². The average Bonchev–Trinajstić information content (AvgIpc) is 2.23. The molecular formula is C13H26Si. The number of hydrogen-bond acceptors (Lipinski definition) is 0. The van der Waals surface area contributed by atoms with E-state index in [1.807, 2.05) is 0 Å². The van der Waals surface area contributed by atoms with Crippen LogP contribution in [-0.2, 0) is 0 Å². The zero-order valence-electron chi connectivity index (χ0n) is 10.0. The summed E-state index contributed by atoms with van der Waals surface area (Å²) >= 11 is 0. The van der Waals surface area contributed by atoms with Crippen LogP contribution < -0.4 is 0 Å². The van der Waals surface area contributed by atoms with E-state index in [4.69, 9.17) is 0 Å². The molecule has 0 aliphatic rings. The third-order valence-corrected chi connectivity index (χ3v) is 6.30. The van der Waals surface area contributed by atoms with Crippen LogP contribution in [0.4, 0.5) is 0 Å². The Morgan fingerprint density at radius 1 is 0.929 bits per heavy atom. The van der Waals surface area contributed by atoms with E-state index < -0.39 is 8.07 Å². The molecule has 0 heterocycles. The van der Waals surface area contributed by atoms with Gasteiger partial charge in [-0.2, -0.15) is 0 Å². The van der Waals surface area contributed by atoms with Crippen LogP contribution in [0.5, 0.6) is 0 Å². The van der Waals surface area contributed by atoms with Crippen molar-refractivity contribution in [2.24, 2.45) is 0 Å². The normalized spacial score (nSPS) is 11.3. The van der Waals surface area contributed by atoms with Crippen molar-refractivity contribution in [3.63, 3.8) is 0 Å². The molecule has 0 aliphatic carbocycles. The Labute approximate surface area is 91.1 Å². The molecule has 0 saturated heterocycles. The van der Waals surface area contributed by atoms with Gasteiger partial charge in [-0.3, -0.25) is 0 Å². The second-order valence-electron chi connectivity index (χ2n) is 4.43. The lowest BCUT2D eigenvalue weighted by atomic mass is 10.1. The molecule has 0 atom stereocenters. The quantitative estimate of drug-likeness (QED) is 0.376. The summed E-state index contributed by atoms with van der Waals surface area (Å²) in [5.41, 5.74) is 4.32. The number of hydrogen-bond donors (Lipinski definition) is 0. The van der Waals surface area contributed by atoms with E-state index in [2.05, 4.69) is 38.0 Å². The summed E-state index contributed by atoms with van der Waals surface area (Å²) in [5.74, 6) is 0. The maximum atomic E-state index is 3.92. The smallest absolute Gasteiger partial charge is 0.0973 e. The second kappa shape index (κ2) is 8.04. The SMILES string of the molecule is C=C[Si](C)(C=C)CCCCCCCC. The molecule has 0 saturated carbocycles. The van der Waals surface area contributed by atoms with Gasteiger partial charge in [0, 0.05) is 0 Å². The van der Waals surface area contributed by atoms with E-state index in [0.29, 0.717) is 0 Å². The zero-order valence-corrected chi connectivity index (χ0v) is 11.0. The lowest BCUT2D eigenvalue weighted by Gasteiger charge is -2.17. The molecule has 82 valence electrons. The number of rotatable bonds is 9. The lowest BCUT2D eigenvalue weighted by Crippen LogP contribution is -2.23. The highest BCUT2D eigenvalue weighted by molar-refractivity contribution is 6.87. The summed E-state index contributed by atoms with van der Waals surface area (Å²) in [7, 11) is -1.24. The van der Waals surface area contributed by atoms with Crippen molar-refractivity contribution in [1.82, 2.24) is 0 Å². The minimum Gasteiger partial charge on any atom is -0.107 e. The molecule has 0 rings (SSSR count). The molecule has 0 radical (unpaired) electrons. The van der Waals surface area contributed by atoms with Crippen LogP contribution in [0.15, 0.2) is 24.6 Å². The molecular weight excluding hydrogens is 184 g/mol. The molecule has 0 unspecified atom stereocenters. The third kappa shape index (κ3) is 6.20. The molecule has 0 amide bonds. The summed E-state index contributed by atoms with van der Waals surface area (Å²) in [6.07, 6.45) is 8.32. The van der Waals surface area contributed by atoms with E-state index in [9.17, 15) is 0 Å². The van der Waals surface area contributed by atoms with Crippen LogP contribution >= 0.6 is 0 Å². The Morgan fingerprint density at radius 2 is 1.43 bits per heavy atom. The van der Waals surface area contributed by atoms with Gasteiger partial charge in [0.15, 0.2) is 0 Å². The molecule has 0 aromatic carbocycles. The fourth-order valence-corrected chi connectivity index (χ4v) is 3.16. The van der Waals surface area contributed by atoms with Gasteiger partial charge in [-0.25, -0.2) is 0 Å². The minimum atomic E-state index is -1.24. The monoisotopic (exact) mass is 210 g/mol. The van der Waals surface area contributed by atoms with Gasteiger partial charge in [-0.05, 0) is 0 Å². The zero-order chi connectivity index (χ0) is 10.9. The topological polar surface area (TPSA) is 0 Å². The highest BCUT2D eigenvalue weighted by atomic mass is 28.3. The standard InChI is InChI=1S/C13H26Si/c1-5-8-9-10-11-12-13-14(4,6-2)7-3/h6-7H,2-3,5,8-13H2,1,4H3. The van der Waals surface area contributed by atoms with Gasteiger partial charge in [-0.15, -0.1) is 13.2 Å². The van der Waals surface area contributed by atoms with Gasteiger partial charge in [-0.1, -0.05) is 69.4 Å². The molecule has 0 aromatic heterocycles. The Hall–Kier alpha value is -0.303. The van der Waals surface area contributed by atoms with Crippen LogP contribution in [0.2, 0.25) is 12.6 Å². The number of unbranched alkanes of at least 4 members (excludes halogenated alkanes) is 5. The molecule has 0 N–H and O–H groups in total. The first kappa shape index (κ1) is 13.7. The lowest BCUT2D eigenvalue weighted by molar-refractivity contribution is 0.623. The van der Waals surface area contributed by atoms with Crippen molar-refractivity contribution < 1.29 is 0 Å². The molecule has 0 aromatic rings. The van der Waals surface area contributed by atoms with E-state index >= 15 is 0 Å². The summed E-state index contributed by atoms with van der Waals surface area (Å²) in [6, 6.07) is 1.34. The minimum absolute atomic E-state index is 1.24. The summed E-state index contributed by atoms with van der Waals surface area (Å²) < 4.78 is 0. The van der Waals surface area contributed by atoms with Gasteiger partial charge in [0.1, 0.15) is 0 Å². The highest BCUT2D eigenvalue weighted by Crippen LogP contribution is 2.17. The Morgan fingerprint density at radius 3 is 1.93 bits per heavy atom. The maximum Gasteiger partial charge on any atom is 0.0973 e. The van der Waals surface area contributed by atoms with Gasteiger partial charge in [0.25, 0.3) is 0 Å². The van der Waals surface area contributed by atoms with Gasteiger partial charge >= 0.3 is 0 Å². The molecule has 0 fully saturated rings. The maximum absolute atomic E-state index is 3.92. The highest BCUT2D eigenvalue weighted by Gasteiger charge is 2.17. The molecule has 0 spiro atoms. The van der Waals surface area contributed by atoms with Crippen molar-refractivity contribution >= 4 is 8.07 Å². The average molecular weight is 210 g/mol. The summed E-state index contributed by atoms with van der Waals surface area (Å²) in [6.45, 7) is 12.5. The van der Waals surface area contributed by atoms with Crippen LogP contribution in [0.25, 0.3) is 0 Å². The predicted molar refractivity (Wildman–Crippen MR) is 70.2 cm³/mol. The van der Waals surface area contributed by atoms with Crippen LogP contribution in [0.1, 0.15) is 45.4 Å². The van der Waals surface area contributed by atoms with E-state index in [1.54, 1.807) is 0 Å². The fraction of sp³-hybridized carbons (Fsp3) is 0.692. The fourth-order valence-electron chi connectivity index (χ4n) is 1.57. The molecule has 0 nitrogen and oxygen atoms in total. The van der Waals surface area contributed by atoms with Gasteiger partial charge < -0.3 is 0 Å². The Kier molecular flexibility index (Phi) is 7.87. The molecule has 0 bridgehead atoms. The van der Waals surface area contributed by atoms with Crippen molar-refractivity contribution in [2.75, 3.05) is 0 Å². The Balaban J connectivity index is 3.43.